The zero-order valence-corrected chi connectivity index (χ0v) is 20.4. The van der Waals surface area contributed by atoms with Gasteiger partial charge in [0.2, 0.25) is 5.91 Å². The fraction of sp³-hybridized carbons (Fsp3) is 0.276. The Kier molecular flexibility index (Phi) is 6.90. The fourth-order valence-corrected chi connectivity index (χ4v) is 4.38. The minimum Gasteiger partial charge on any atom is -0.438 e. The highest BCUT2D eigenvalue weighted by Gasteiger charge is 2.47. The van der Waals surface area contributed by atoms with E-state index < -0.39 is 24.1 Å². The van der Waals surface area contributed by atoms with Crippen LogP contribution < -0.4 is 10.6 Å². The van der Waals surface area contributed by atoms with Crippen LogP contribution in [-0.4, -0.2) is 35.4 Å². The number of hydrogen-bond acceptors (Lipinski definition) is 4. The molecule has 1 saturated heterocycles. The molecule has 0 bridgehead atoms. The van der Waals surface area contributed by atoms with Crippen molar-refractivity contribution in [3.05, 3.63) is 101 Å². The third-order valence-corrected chi connectivity index (χ3v) is 6.67. The molecule has 5 rings (SSSR count). The minimum atomic E-state index is -0.914. The molecule has 0 radical (unpaired) electrons. The zero-order chi connectivity index (χ0) is 25.9. The largest absolute Gasteiger partial charge is 0.438 e. The number of carbonyl (C=O) groups is 3. The Hall–Kier alpha value is -4.20. The molecule has 1 heterocycles. The van der Waals surface area contributed by atoms with Crippen molar-refractivity contribution in [2.75, 3.05) is 11.9 Å². The Labute approximate surface area is 214 Å². The molecular formula is C29H28FN3O4. The molecule has 37 heavy (non-hydrogen) atoms. The van der Waals surface area contributed by atoms with Crippen molar-refractivity contribution in [1.29, 1.82) is 0 Å². The average Bonchev–Trinajstić information content (AvgIpc) is 3.66. The molecule has 1 aliphatic heterocycles. The Balaban J connectivity index is 1.34. The molecule has 2 aliphatic rings. The maximum absolute atomic E-state index is 13.8. The first kappa shape index (κ1) is 24.5. The number of nitrogens with zero attached hydrogens (tertiary/aromatic N) is 1. The van der Waals surface area contributed by atoms with E-state index in [1.54, 1.807) is 48.5 Å². The van der Waals surface area contributed by atoms with Crippen LogP contribution in [0.15, 0.2) is 72.8 Å². The molecule has 1 aliphatic carbocycles. The number of hydrogen-bond donors (Lipinski definition) is 2. The van der Waals surface area contributed by atoms with Gasteiger partial charge in [0.05, 0.1) is 6.54 Å². The third-order valence-electron chi connectivity index (χ3n) is 6.67. The van der Waals surface area contributed by atoms with Crippen molar-refractivity contribution in [3.63, 3.8) is 0 Å². The summed E-state index contributed by atoms with van der Waals surface area (Å²) in [6.07, 6.45) is 0.666. The van der Waals surface area contributed by atoms with E-state index in [0.29, 0.717) is 34.8 Å². The molecule has 8 heteroatoms. The first-order valence-corrected chi connectivity index (χ1v) is 12.3. The molecule has 3 aromatic rings. The number of nitrogens with one attached hydrogen (secondary N) is 2. The van der Waals surface area contributed by atoms with Gasteiger partial charge in [-0.05, 0) is 73.2 Å². The van der Waals surface area contributed by atoms with Crippen molar-refractivity contribution in [2.24, 2.45) is 5.92 Å². The van der Waals surface area contributed by atoms with Crippen molar-refractivity contribution in [3.8, 4) is 0 Å². The van der Waals surface area contributed by atoms with Crippen molar-refractivity contribution >= 4 is 23.6 Å². The second kappa shape index (κ2) is 10.4. The van der Waals surface area contributed by atoms with Gasteiger partial charge in [-0.25, -0.2) is 9.18 Å². The van der Waals surface area contributed by atoms with E-state index in [1.165, 1.54) is 17.0 Å². The van der Waals surface area contributed by atoms with Gasteiger partial charge in [-0.15, -0.1) is 0 Å². The van der Waals surface area contributed by atoms with Gasteiger partial charge in [0.1, 0.15) is 5.82 Å². The maximum Gasteiger partial charge on any atom is 0.411 e. The molecule has 2 fully saturated rings. The predicted molar refractivity (Wildman–Crippen MR) is 136 cm³/mol. The lowest BCUT2D eigenvalue weighted by atomic mass is 10.00. The number of benzene rings is 3. The summed E-state index contributed by atoms with van der Waals surface area (Å²) in [5.41, 5.74) is 3.36. The minimum absolute atomic E-state index is 0.0410. The molecule has 0 spiro atoms. The summed E-state index contributed by atoms with van der Waals surface area (Å²) in [5, 5.41) is 5.80. The quantitative estimate of drug-likeness (QED) is 0.456. The van der Waals surface area contributed by atoms with Crippen LogP contribution in [0.1, 0.15) is 46.0 Å². The molecular weight excluding hydrogens is 473 g/mol. The molecule has 190 valence electrons. The van der Waals surface area contributed by atoms with E-state index in [2.05, 4.69) is 10.6 Å². The van der Waals surface area contributed by atoms with Crippen LogP contribution in [0.2, 0.25) is 0 Å². The standard InChI is InChI=1S/C29H28FN3O4/c1-18-5-9-22(10-6-18)27(34)32-24-13-11-21(12-14-24)26-25(28(35)31-16-19-7-8-19)33(29(36)37-26)17-20-3-2-4-23(30)15-20/h2-6,9-15,19,25-26H,7-8,16-17H2,1H3,(H,31,35)(H,32,34)/t25-,26-/m1/s1. The Morgan fingerprint density at radius 2 is 1.76 bits per heavy atom. The van der Waals surface area contributed by atoms with Gasteiger partial charge in [0, 0.05) is 17.8 Å². The summed E-state index contributed by atoms with van der Waals surface area (Å²) in [6, 6.07) is 19.2. The van der Waals surface area contributed by atoms with Gasteiger partial charge in [0.15, 0.2) is 12.1 Å². The van der Waals surface area contributed by atoms with Gasteiger partial charge < -0.3 is 15.4 Å². The number of halogens is 1. The number of rotatable bonds is 8. The van der Waals surface area contributed by atoms with Crippen LogP contribution in [0.3, 0.4) is 0 Å². The van der Waals surface area contributed by atoms with E-state index in [-0.39, 0.29) is 18.4 Å². The highest BCUT2D eigenvalue weighted by Crippen LogP contribution is 2.35. The summed E-state index contributed by atoms with van der Waals surface area (Å²) >= 11 is 0. The normalized spacial score (nSPS) is 18.9. The van der Waals surface area contributed by atoms with Crippen LogP contribution in [0.4, 0.5) is 14.9 Å². The van der Waals surface area contributed by atoms with E-state index >= 15 is 0 Å². The SMILES string of the molecule is Cc1ccc(C(=O)Nc2ccc([C@H]3OC(=O)N(Cc4cccc(F)c4)[C@H]3C(=O)NCC3CC3)cc2)cc1. The number of carbonyl (C=O) groups excluding carboxylic acids is 3. The van der Waals surface area contributed by atoms with Gasteiger partial charge in [0.25, 0.3) is 5.91 Å². The van der Waals surface area contributed by atoms with Crippen LogP contribution in [0.25, 0.3) is 0 Å². The third kappa shape index (κ3) is 5.80. The highest BCUT2D eigenvalue weighted by molar-refractivity contribution is 6.04. The highest BCUT2D eigenvalue weighted by atomic mass is 19.1. The van der Waals surface area contributed by atoms with Gasteiger partial charge >= 0.3 is 6.09 Å². The van der Waals surface area contributed by atoms with Crippen molar-refractivity contribution < 1.29 is 23.5 Å². The van der Waals surface area contributed by atoms with Crippen molar-refractivity contribution in [2.45, 2.75) is 38.5 Å². The number of aryl methyl sites for hydroxylation is 1. The first-order chi connectivity index (χ1) is 17.9. The molecule has 1 saturated carbocycles. The molecule has 3 aromatic carbocycles. The molecule has 2 atom stereocenters. The summed E-state index contributed by atoms with van der Waals surface area (Å²) in [7, 11) is 0. The fourth-order valence-electron chi connectivity index (χ4n) is 4.38. The van der Waals surface area contributed by atoms with E-state index in [0.717, 1.165) is 18.4 Å². The van der Waals surface area contributed by atoms with Crippen LogP contribution in [0.5, 0.6) is 0 Å². The molecule has 2 N–H and O–H groups in total. The summed E-state index contributed by atoms with van der Waals surface area (Å²) in [5.74, 6) is -0.498. The van der Waals surface area contributed by atoms with E-state index in [9.17, 15) is 18.8 Å². The van der Waals surface area contributed by atoms with E-state index in [1.807, 2.05) is 19.1 Å². The Morgan fingerprint density at radius 1 is 1.03 bits per heavy atom. The zero-order valence-electron chi connectivity index (χ0n) is 20.4. The summed E-state index contributed by atoms with van der Waals surface area (Å²) in [4.78, 5) is 40.0. The first-order valence-electron chi connectivity index (χ1n) is 12.3. The summed E-state index contributed by atoms with van der Waals surface area (Å²) < 4.78 is 19.4. The Morgan fingerprint density at radius 3 is 2.43 bits per heavy atom. The van der Waals surface area contributed by atoms with Gasteiger partial charge in [-0.2, -0.15) is 0 Å². The second-order valence-electron chi connectivity index (χ2n) is 9.64. The van der Waals surface area contributed by atoms with Crippen molar-refractivity contribution in [1.82, 2.24) is 10.2 Å². The predicted octanol–water partition coefficient (Wildman–Crippen LogP) is 4.97. The van der Waals surface area contributed by atoms with Crippen LogP contribution >= 0.6 is 0 Å². The lowest BCUT2D eigenvalue weighted by Crippen LogP contribution is -2.46. The lowest BCUT2D eigenvalue weighted by Gasteiger charge is -2.24. The number of ether oxygens (including phenoxy) is 1. The maximum atomic E-state index is 13.8. The average molecular weight is 502 g/mol. The number of amides is 3. The lowest BCUT2D eigenvalue weighted by molar-refractivity contribution is -0.126. The topological polar surface area (TPSA) is 87.7 Å². The van der Waals surface area contributed by atoms with Gasteiger partial charge in [-0.3, -0.25) is 14.5 Å². The van der Waals surface area contributed by atoms with Crippen LogP contribution in [0, 0.1) is 18.7 Å². The van der Waals surface area contributed by atoms with Crippen LogP contribution in [-0.2, 0) is 16.1 Å². The molecule has 7 nitrogen and oxygen atoms in total. The number of anilines is 1. The molecule has 0 aromatic heterocycles. The molecule has 0 unspecified atom stereocenters. The second-order valence-corrected chi connectivity index (χ2v) is 9.64. The van der Waals surface area contributed by atoms with Gasteiger partial charge in [-0.1, -0.05) is 42.0 Å². The monoisotopic (exact) mass is 501 g/mol. The molecule has 3 amide bonds. The Bertz CT molecular complexity index is 1310. The smallest absolute Gasteiger partial charge is 0.411 e. The van der Waals surface area contributed by atoms with E-state index in [4.69, 9.17) is 4.74 Å². The summed E-state index contributed by atoms with van der Waals surface area (Å²) in [6.45, 7) is 2.54. The number of cyclic esters (lactones) is 1.